The van der Waals surface area contributed by atoms with Crippen LogP contribution in [0.3, 0.4) is 0 Å². The lowest BCUT2D eigenvalue weighted by Gasteiger charge is -2.11. The molecule has 0 atom stereocenters. The molecule has 0 spiro atoms. The Morgan fingerprint density at radius 3 is 2.12 bits per heavy atom. The second-order valence-electron chi connectivity index (χ2n) is 10.5. The van der Waals surface area contributed by atoms with Gasteiger partial charge >= 0.3 is 0 Å². The average Bonchev–Trinajstić information content (AvgIpc) is 3.70. The van der Waals surface area contributed by atoms with Crippen molar-refractivity contribution in [1.82, 2.24) is 4.57 Å². The van der Waals surface area contributed by atoms with Crippen molar-refractivity contribution in [2.45, 2.75) is 0 Å². The van der Waals surface area contributed by atoms with Gasteiger partial charge in [-0.25, -0.2) is 0 Å². The first kappa shape index (κ1) is 22.7. The third-order valence-electron chi connectivity index (χ3n) is 8.22. The summed E-state index contributed by atoms with van der Waals surface area (Å²) in [5, 5.41) is 4.88. The molecule has 0 saturated carbocycles. The molecule has 0 bridgehead atoms. The van der Waals surface area contributed by atoms with Crippen LogP contribution in [0.2, 0.25) is 0 Å². The minimum absolute atomic E-state index is 0.921. The molecular weight excluding hydrogens is 518 g/mol. The fourth-order valence-electron chi connectivity index (χ4n) is 6.41. The molecule has 9 aromatic rings. The van der Waals surface area contributed by atoms with Crippen molar-refractivity contribution in [3.05, 3.63) is 140 Å². The number of hydrogen-bond acceptors (Lipinski definition) is 2. The van der Waals surface area contributed by atoms with Gasteiger partial charge in [0.1, 0.15) is 11.2 Å². The zero-order valence-corrected chi connectivity index (χ0v) is 22.9. The van der Waals surface area contributed by atoms with Crippen molar-refractivity contribution in [1.29, 1.82) is 0 Å². The summed E-state index contributed by atoms with van der Waals surface area (Å²) in [5.74, 6) is 0. The van der Waals surface area contributed by atoms with Crippen molar-refractivity contribution in [2.75, 3.05) is 0 Å². The molecule has 0 N–H and O–H groups in total. The second kappa shape index (κ2) is 8.69. The molecule has 0 aliphatic heterocycles. The average molecular weight is 542 g/mol. The largest absolute Gasteiger partial charge is 0.455 e. The summed E-state index contributed by atoms with van der Waals surface area (Å²) >= 11 is 1.88. The van der Waals surface area contributed by atoms with E-state index in [1.54, 1.807) is 0 Å². The van der Waals surface area contributed by atoms with Gasteiger partial charge in [-0.1, -0.05) is 109 Å². The summed E-state index contributed by atoms with van der Waals surface area (Å²) in [6, 6.07) is 49.8. The van der Waals surface area contributed by atoms with Crippen LogP contribution in [-0.2, 0) is 0 Å². The summed E-state index contributed by atoms with van der Waals surface area (Å²) in [6.45, 7) is 0. The highest BCUT2D eigenvalue weighted by Gasteiger charge is 2.19. The van der Waals surface area contributed by atoms with E-state index in [0.29, 0.717) is 0 Å². The number of rotatable bonds is 3. The summed E-state index contributed by atoms with van der Waals surface area (Å²) in [4.78, 5) is 0. The monoisotopic (exact) mass is 541 g/mol. The maximum Gasteiger partial charge on any atom is 0.143 e. The molecule has 0 aliphatic carbocycles. The zero-order chi connectivity index (χ0) is 26.9. The van der Waals surface area contributed by atoms with E-state index < -0.39 is 0 Å². The first-order valence-electron chi connectivity index (χ1n) is 13.9. The molecule has 0 aliphatic rings. The first-order chi connectivity index (χ1) is 20.3. The van der Waals surface area contributed by atoms with Crippen LogP contribution in [0.25, 0.3) is 81.1 Å². The van der Waals surface area contributed by atoms with Crippen LogP contribution >= 0.6 is 11.3 Å². The highest BCUT2D eigenvalue weighted by Crippen LogP contribution is 2.45. The van der Waals surface area contributed by atoms with E-state index in [2.05, 4.69) is 132 Å². The highest BCUT2D eigenvalue weighted by atomic mass is 32.1. The van der Waals surface area contributed by atoms with Crippen LogP contribution in [0.15, 0.2) is 144 Å². The number of hydrogen-bond donors (Lipinski definition) is 0. The van der Waals surface area contributed by atoms with E-state index in [-0.39, 0.29) is 0 Å². The van der Waals surface area contributed by atoms with E-state index in [4.69, 9.17) is 4.42 Å². The first-order valence-corrected chi connectivity index (χ1v) is 14.7. The summed E-state index contributed by atoms with van der Waals surface area (Å²) in [7, 11) is 0. The maximum absolute atomic E-state index is 6.42. The Morgan fingerprint density at radius 1 is 0.512 bits per heavy atom. The van der Waals surface area contributed by atoms with Crippen LogP contribution in [0, 0.1) is 0 Å². The van der Waals surface area contributed by atoms with E-state index >= 15 is 0 Å². The van der Waals surface area contributed by atoms with Crippen molar-refractivity contribution >= 4 is 64.5 Å². The minimum atomic E-state index is 0.921. The van der Waals surface area contributed by atoms with Crippen LogP contribution in [0.4, 0.5) is 0 Å². The lowest BCUT2D eigenvalue weighted by Crippen LogP contribution is -1.92. The van der Waals surface area contributed by atoms with Crippen LogP contribution in [0.1, 0.15) is 0 Å². The molecule has 2 nitrogen and oxygen atoms in total. The standard InChI is InChI=1S/C38H23NOS/c1-2-11-25(12-3-1)39-33-19-8-6-16-31(33)38-36(39)32-22-21-24(23-35(32)41-38)26-13-4-5-14-27(26)29-17-10-18-30-28-15-7-9-20-34(28)40-37(29)30/h1-23H. The lowest BCUT2D eigenvalue weighted by atomic mass is 9.93. The maximum atomic E-state index is 6.42. The minimum Gasteiger partial charge on any atom is -0.455 e. The van der Waals surface area contributed by atoms with E-state index in [0.717, 1.165) is 27.5 Å². The van der Waals surface area contributed by atoms with Gasteiger partial charge in [-0.2, -0.15) is 0 Å². The van der Waals surface area contributed by atoms with Crippen LogP contribution in [-0.4, -0.2) is 4.57 Å². The number of thiophene rings is 1. The predicted octanol–water partition coefficient (Wildman–Crippen LogP) is 11.2. The fourth-order valence-corrected chi connectivity index (χ4v) is 7.67. The Hall–Kier alpha value is -5.12. The number of fused-ring (bicyclic) bond motifs is 8. The number of aromatic nitrogens is 1. The zero-order valence-electron chi connectivity index (χ0n) is 22.0. The highest BCUT2D eigenvalue weighted by molar-refractivity contribution is 7.26. The quantitative estimate of drug-likeness (QED) is 0.217. The molecule has 0 fully saturated rings. The topological polar surface area (TPSA) is 18.1 Å². The summed E-state index contributed by atoms with van der Waals surface area (Å²) in [6.07, 6.45) is 0. The molecule has 41 heavy (non-hydrogen) atoms. The van der Waals surface area contributed by atoms with Gasteiger partial charge in [0.2, 0.25) is 0 Å². The molecule has 0 amide bonds. The SMILES string of the molecule is c1ccc(-n2c3ccccc3c3sc4cc(-c5ccccc5-c5cccc6c5oc5ccccc56)ccc4c32)cc1. The Labute approximate surface area is 240 Å². The van der Waals surface area contributed by atoms with Gasteiger partial charge in [0.15, 0.2) is 0 Å². The van der Waals surface area contributed by atoms with Crippen LogP contribution < -0.4 is 0 Å². The molecule has 0 unspecified atom stereocenters. The molecular formula is C38H23NOS. The molecule has 3 heteroatoms. The van der Waals surface area contributed by atoms with Gasteiger partial charge in [0.05, 0.1) is 15.7 Å². The summed E-state index contributed by atoms with van der Waals surface area (Å²) in [5.41, 5.74) is 10.3. The smallest absolute Gasteiger partial charge is 0.143 e. The Bertz CT molecular complexity index is 2420. The van der Waals surface area contributed by atoms with Crippen molar-refractivity contribution in [2.24, 2.45) is 0 Å². The number of nitrogens with zero attached hydrogens (tertiary/aromatic N) is 1. The van der Waals surface area contributed by atoms with Gasteiger partial charge in [0, 0.05) is 37.5 Å². The van der Waals surface area contributed by atoms with Gasteiger partial charge in [-0.3, -0.25) is 0 Å². The molecule has 3 aromatic heterocycles. The van der Waals surface area contributed by atoms with Gasteiger partial charge in [0.25, 0.3) is 0 Å². The van der Waals surface area contributed by atoms with E-state index in [1.165, 1.54) is 53.6 Å². The second-order valence-corrected chi connectivity index (χ2v) is 11.6. The Morgan fingerprint density at radius 2 is 1.22 bits per heavy atom. The molecule has 9 rings (SSSR count). The third-order valence-corrected chi connectivity index (χ3v) is 9.40. The van der Waals surface area contributed by atoms with Gasteiger partial charge in [-0.05, 0) is 47.0 Å². The lowest BCUT2D eigenvalue weighted by molar-refractivity contribution is 0.670. The van der Waals surface area contributed by atoms with E-state index in [9.17, 15) is 0 Å². The summed E-state index contributed by atoms with van der Waals surface area (Å²) < 4.78 is 11.5. The number of benzene rings is 6. The van der Waals surface area contributed by atoms with Crippen molar-refractivity contribution < 1.29 is 4.42 Å². The Balaban J connectivity index is 1.28. The molecule has 6 aromatic carbocycles. The Kier molecular flexibility index (Phi) is 4.80. The number of para-hydroxylation sites is 4. The molecule has 0 saturated heterocycles. The van der Waals surface area contributed by atoms with Crippen molar-refractivity contribution in [3.63, 3.8) is 0 Å². The van der Waals surface area contributed by atoms with Gasteiger partial charge in [-0.15, -0.1) is 11.3 Å². The number of furan rings is 1. The molecule has 3 heterocycles. The fraction of sp³-hybridized carbons (Fsp3) is 0. The molecule has 192 valence electrons. The predicted molar refractivity (Wildman–Crippen MR) is 174 cm³/mol. The molecule has 0 radical (unpaired) electrons. The van der Waals surface area contributed by atoms with Gasteiger partial charge < -0.3 is 8.98 Å². The third kappa shape index (κ3) is 3.30. The van der Waals surface area contributed by atoms with Crippen LogP contribution in [0.5, 0.6) is 0 Å². The van der Waals surface area contributed by atoms with E-state index in [1.807, 2.05) is 23.5 Å². The van der Waals surface area contributed by atoms with Crippen molar-refractivity contribution in [3.8, 4) is 27.9 Å². The normalized spacial score (nSPS) is 11.9.